The van der Waals surface area contributed by atoms with Crippen LogP contribution in [0.4, 0.5) is 17.6 Å². The van der Waals surface area contributed by atoms with Crippen molar-refractivity contribution in [1.82, 2.24) is 19.6 Å². The molecule has 4 N–H and O–H groups in total. The molecule has 2 saturated carbocycles. The van der Waals surface area contributed by atoms with Gasteiger partial charge in [0.2, 0.25) is 0 Å². The van der Waals surface area contributed by atoms with Crippen molar-refractivity contribution in [2.45, 2.75) is 145 Å². The zero-order valence-electron chi connectivity index (χ0n) is 70.8. The first-order valence-corrected chi connectivity index (χ1v) is 42.4. The summed E-state index contributed by atoms with van der Waals surface area (Å²) < 4.78 is 91.9. The number of fused-ring (bicyclic) bond motifs is 8. The van der Waals surface area contributed by atoms with Crippen molar-refractivity contribution in [1.29, 1.82) is 0 Å². The van der Waals surface area contributed by atoms with E-state index >= 15 is 0 Å². The van der Waals surface area contributed by atoms with Crippen LogP contribution in [0, 0.1) is 58.8 Å². The Morgan fingerprint density at radius 3 is 0.984 bits per heavy atom. The lowest BCUT2D eigenvalue weighted by atomic mass is 9.85. The van der Waals surface area contributed by atoms with Crippen molar-refractivity contribution >= 4 is 46.2 Å². The summed E-state index contributed by atoms with van der Waals surface area (Å²) in [5.74, 6) is -0.470. The number of aliphatic carboxylic acids is 4. The Morgan fingerprint density at radius 2 is 0.664 bits per heavy atom. The maximum Gasteiger partial charge on any atom is 0.310 e. The topological polar surface area (TPSA) is 218 Å². The third-order valence-corrected chi connectivity index (χ3v) is 25.9. The van der Waals surface area contributed by atoms with E-state index in [1.54, 1.807) is 64.1 Å². The van der Waals surface area contributed by atoms with E-state index in [-0.39, 0.29) is 34.8 Å². The molecule has 0 atom stereocenters. The number of benzene rings is 8. The summed E-state index contributed by atoms with van der Waals surface area (Å²) >= 11 is 0. The Labute approximate surface area is 710 Å². The number of para-hydroxylation sites is 2. The van der Waals surface area contributed by atoms with Crippen molar-refractivity contribution in [3.8, 4) is 34.5 Å². The molecule has 0 unspecified atom stereocenters. The Morgan fingerprint density at radius 1 is 0.369 bits per heavy atom. The number of rotatable bonds is 14. The molecule has 0 aromatic heterocycles. The number of methoxy groups -OCH3 is 2. The maximum atomic E-state index is 14.7. The lowest BCUT2D eigenvalue weighted by Gasteiger charge is -2.34. The molecule has 122 heavy (non-hydrogen) atoms. The Bertz CT molecular complexity index is 5080. The first-order chi connectivity index (χ1) is 58.5. The molecule has 22 heteroatoms. The number of halogens is 4. The van der Waals surface area contributed by atoms with Crippen LogP contribution in [0.3, 0.4) is 0 Å². The second kappa shape index (κ2) is 35.8. The molecule has 8 aliphatic heterocycles. The highest BCUT2D eigenvalue weighted by Crippen LogP contribution is 2.52. The van der Waals surface area contributed by atoms with E-state index in [4.69, 9.17) is 28.4 Å². The summed E-state index contributed by atoms with van der Waals surface area (Å²) in [6.45, 7) is 21.3. The van der Waals surface area contributed by atoms with E-state index in [2.05, 4.69) is 49.9 Å². The second-order valence-corrected chi connectivity index (χ2v) is 35.6. The maximum absolute atomic E-state index is 14.7. The molecule has 0 bridgehead atoms. The quantitative estimate of drug-likeness (QED) is 0.0744. The van der Waals surface area contributed by atoms with Crippen LogP contribution in [-0.2, 0) is 45.6 Å². The first-order valence-electron chi connectivity index (χ1n) is 42.4. The van der Waals surface area contributed by atoms with Gasteiger partial charge in [0.15, 0.2) is 23.1 Å². The molecule has 10 aliphatic rings. The largest absolute Gasteiger partial charge is 0.494 e. The van der Waals surface area contributed by atoms with E-state index in [1.165, 1.54) is 48.6 Å². The first kappa shape index (κ1) is 85.9. The number of hydrogen-bond acceptors (Lipinski definition) is 14. The number of carboxylic acid groups (broad SMARTS) is 4. The molecule has 8 aromatic carbocycles. The zero-order chi connectivity index (χ0) is 86.1. The fourth-order valence-corrected chi connectivity index (χ4v) is 18.5. The molecule has 0 radical (unpaired) electrons. The van der Waals surface area contributed by atoms with Gasteiger partial charge in [-0.15, -0.1) is 0 Å². The van der Waals surface area contributed by atoms with Crippen LogP contribution >= 0.6 is 0 Å². The number of carboxylic acids is 4. The molecule has 0 amide bonds. The number of hydrogen-bond donors (Lipinski definition) is 4. The summed E-state index contributed by atoms with van der Waals surface area (Å²) in [5, 5.41) is 37.9. The van der Waals surface area contributed by atoms with Gasteiger partial charge in [0.05, 0.1) is 35.9 Å². The number of nitrogens with zero attached hydrogens (tertiary/aromatic N) is 4. The molecule has 6 fully saturated rings. The molecular formula is C100H108F4N4O14. The average molecular weight is 1670 g/mol. The van der Waals surface area contributed by atoms with Gasteiger partial charge >= 0.3 is 23.9 Å². The van der Waals surface area contributed by atoms with E-state index < -0.39 is 45.5 Å². The minimum atomic E-state index is -0.792. The average Bonchev–Trinajstić information content (AvgIpc) is 1.55. The molecule has 8 heterocycles. The Hall–Kier alpha value is -11.0. The zero-order valence-corrected chi connectivity index (χ0v) is 70.8. The lowest BCUT2D eigenvalue weighted by molar-refractivity contribution is -0.148. The van der Waals surface area contributed by atoms with Crippen LogP contribution < -0.4 is 28.4 Å². The number of piperidine rings is 4. The smallest absolute Gasteiger partial charge is 0.310 e. The van der Waals surface area contributed by atoms with E-state index in [9.17, 15) is 57.2 Å². The van der Waals surface area contributed by atoms with Crippen molar-refractivity contribution in [3.63, 3.8) is 0 Å². The third kappa shape index (κ3) is 18.6. The SMILES string of the molecule is COc1cc2c(cc1F)C(=C1CCN(CC(C)(C)C(=O)O)CC1)c1ccccc1OC2.COc1cc2c(cc1F)C(=C1CCN(CC3(C(=O)O)CC3)CC1)c1ccccc1OC2.Cc1ccc2c(c1)OCc1cc(F)ccc1C2=C1CCN(CC(C)(C)C(=O)O)CC1.Cc1ccc2c(c1)OCc1cc(F)ccc1C2=C1CCN(CC2(C(=O)O)CC2)CC1. The minimum absolute atomic E-state index is 0.211. The van der Waals surface area contributed by atoms with Crippen molar-refractivity contribution < 1.29 is 85.6 Å². The van der Waals surface area contributed by atoms with Crippen LogP contribution in [0.25, 0.3) is 22.3 Å². The minimum Gasteiger partial charge on any atom is -0.494 e. The van der Waals surface area contributed by atoms with Gasteiger partial charge in [-0.25, -0.2) is 17.6 Å². The highest BCUT2D eigenvalue weighted by molar-refractivity contribution is 5.91. The van der Waals surface area contributed by atoms with Crippen molar-refractivity contribution in [2.75, 3.05) is 92.8 Å². The van der Waals surface area contributed by atoms with Gasteiger partial charge in [0.1, 0.15) is 61.1 Å². The fraction of sp³-hybridized carbons (Fsp3) is 0.400. The Kier molecular flexibility index (Phi) is 25.2. The summed E-state index contributed by atoms with van der Waals surface area (Å²) in [4.78, 5) is 55.1. The number of likely N-dealkylation sites (tertiary alicyclic amines) is 4. The molecule has 18 nitrogen and oxygen atoms in total. The molecule has 0 spiro atoms. The van der Waals surface area contributed by atoms with Crippen LogP contribution in [0.1, 0.15) is 183 Å². The van der Waals surface area contributed by atoms with Crippen LogP contribution in [0.5, 0.6) is 34.5 Å². The highest BCUT2D eigenvalue weighted by atomic mass is 19.1. The number of carbonyl (C=O) groups is 4. The predicted octanol–water partition coefficient (Wildman–Crippen LogP) is 19.0. The van der Waals surface area contributed by atoms with Gasteiger partial charge in [-0.3, -0.25) is 19.2 Å². The molecule has 8 aromatic rings. The van der Waals surface area contributed by atoms with Crippen molar-refractivity contribution in [3.05, 3.63) is 269 Å². The van der Waals surface area contributed by atoms with Gasteiger partial charge in [-0.2, -0.15) is 0 Å². The van der Waals surface area contributed by atoms with Gasteiger partial charge in [-0.1, -0.05) is 95.1 Å². The summed E-state index contributed by atoms with van der Waals surface area (Å²) in [6.07, 6.45) is 9.84. The van der Waals surface area contributed by atoms with E-state index in [1.807, 2.05) is 80.6 Å². The van der Waals surface area contributed by atoms with Gasteiger partial charge < -0.3 is 68.4 Å². The molecule has 4 saturated heterocycles. The van der Waals surface area contributed by atoms with Gasteiger partial charge in [-0.05, 0) is 247 Å². The molecule has 2 aliphatic carbocycles. The predicted molar refractivity (Wildman–Crippen MR) is 459 cm³/mol. The normalized spacial score (nSPS) is 18.4. The second-order valence-electron chi connectivity index (χ2n) is 35.6. The summed E-state index contributed by atoms with van der Waals surface area (Å²) in [7, 11) is 2.93. The Balaban J connectivity index is 0.000000126. The third-order valence-electron chi connectivity index (χ3n) is 25.9. The van der Waals surface area contributed by atoms with Crippen molar-refractivity contribution in [2.24, 2.45) is 21.7 Å². The number of ether oxygens (including phenoxy) is 6. The van der Waals surface area contributed by atoms with Crippen LogP contribution in [-0.4, -0.2) is 157 Å². The number of aryl methyl sites for hydroxylation is 2. The highest BCUT2D eigenvalue weighted by Gasteiger charge is 2.52. The molecule has 18 rings (SSSR count). The van der Waals surface area contributed by atoms with E-state index in [0.717, 1.165) is 253 Å². The van der Waals surface area contributed by atoms with Gasteiger partial charge in [0.25, 0.3) is 0 Å². The lowest BCUT2D eigenvalue weighted by Crippen LogP contribution is -2.42. The van der Waals surface area contributed by atoms with Gasteiger partial charge in [0, 0.05) is 123 Å². The summed E-state index contributed by atoms with van der Waals surface area (Å²) in [6, 6.07) is 44.8. The van der Waals surface area contributed by atoms with Crippen LogP contribution in [0.15, 0.2) is 168 Å². The summed E-state index contributed by atoms with van der Waals surface area (Å²) in [5.41, 5.74) is 20.6. The standard InChI is InChI=1S/C25H26FNO4.C25H28FNO4.C25H26FNO3.C25H28FNO3/c1-30-22-12-17-14-31-21-5-3-2-4-18(21)23(19(17)13-20(22)26)16-6-10-27(11-7-16)15-25(8-9-25)24(28)29;1-25(2,24(28)29)15-27-10-8-16(9-11-27)23-18-6-4-5-7-21(18)31-14-17-12-22(30-3)20(26)13-19(17)23;1-16-2-4-21-22(12-16)30-14-18-13-19(26)3-5-20(18)23(21)17-6-10-27(11-7-17)15-25(8-9-25)24(28)29;1-16-4-6-21-22(12-16)30-14-18-13-19(26)5-7-20(18)23(21)17-8-10-27(11-9-17)15-25(2,3)24(28)29/h2-5,12-13H,6-11,14-15H2,1H3,(H,28,29);4-7,12-13H,8-11,14-15H2,1-3H3,(H,28,29);2-5,12-13H,6-11,14-15H2,1H3,(H,28,29);4-7,12-13H,8-11,14-15H2,1-3H3,(H,28,29). The van der Waals surface area contributed by atoms with E-state index in [0.29, 0.717) is 52.6 Å². The fourth-order valence-electron chi connectivity index (χ4n) is 18.5. The molecular weight excluding hydrogens is 1560 g/mol. The van der Waals surface area contributed by atoms with Crippen LogP contribution in [0.2, 0.25) is 0 Å². The molecule has 640 valence electrons. The monoisotopic (exact) mass is 1660 g/mol.